The first kappa shape index (κ1) is 54.5. The van der Waals surface area contributed by atoms with Crippen LogP contribution in [0.4, 0.5) is 30.6 Å². The third-order valence-electron chi connectivity index (χ3n) is 15.7. The van der Waals surface area contributed by atoms with Crippen molar-refractivity contribution >= 4 is 45.9 Å². The van der Waals surface area contributed by atoms with Gasteiger partial charge in [-0.15, -0.1) is 10.2 Å². The highest BCUT2D eigenvalue weighted by Crippen LogP contribution is 2.35. The Kier molecular flexibility index (Phi) is 16.6. The van der Waals surface area contributed by atoms with E-state index in [9.17, 15) is 27.6 Å². The molecule has 2 fully saturated rings. The van der Waals surface area contributed by atoms with E-state index >= 15 is 0 Å². The van der Waals surface area contributed by atoms with Crippen molar-refractivity contribution in [1.29, 1.82) is 0 Å². The van der Waals surface area contributed by atoms with Crippen LogP contribution in [0.15, 0.2) is 109 Å². The van der Waals surface area contributed by atoms with E-state index in [0.717, 1.165) is 91.1 Å². The van der Waals surface area contributed by atoms with Gasteiger partial charge in [-0.2, -0.15) is 18.2 Å². The molecule has 0 saturated carbocycles. The summed E-state index contributed by atoms with van der Waals surface area (Å²) in [5.74, 6) is 1.33. The first-order valence-electron chi connectivity index (χ1n) is 27.6. The molecule has 10 rings (SSSR count). The first-order valence-corrected chi connectivity index (χ1v) is 27.6. The lowest BCUT2D eigenvalue weighted by Crippen LogP contribution is -2.49. The zero-order valence-corrected chi connectivity index (χ0v) is 45.5. The standard InChI is InChI=1S/C61H69F3N12O3/c1-5-43-14-13-41(2)52(36-43)57-69-70-58(59(79)66-40-61(62,63)64)76(57)49-21-19-47(20-22-49)38-71(4)37-46-17-15-44(16-18-46)35-45-24-28-73(29-25-45)55(78)23-27-65-60-67-53-39-75(54-12-8-10-48-9-6-7-11-50(48)54)30-26-51(53)56(68-60)74-33-31-72(32-34-74)42(3)77/h6-22,36,45H,5,23-35,37-40H2,1-4H3,(H,66,79)(H,65,67,68). The molecule has 2 N–H and O–H groups in total. The molecule has 2 saturated heterocycles. The highest BCUT2D eigenvalue weighted by molar-refractivity contribution is 5.94. The molecule has 15 nitrogen and oxygen atoms in total. The molecule has 18 heteroatoms. The Hall–Kier alpha value is -7.86. The van der Waals surface area contributed by atoms with Gasteiger partial charge in [-0.1, -0.05) is 91.9 Å². The van der Waals surface area contributed by atoms with Crippen LogP contribution in [0.3, 0.4) is 0 Å². The van der Waals surface area contributed by atoms with Crippen LogP contribution in [0.2, 0.25) is 0 Å². The number of aryl methyl sites for hydroxylation is 2. The fraction of sp³-hybridized carbons (Fsp3) is 0.393. The van der Waals surface area contributed by atoms with Crippen LogP contribution >= 0.6 is 0 Å². The smallest absolute Gasteiger partial charge is 0.365 e. The number of carbonyl (C=O) groups is 3. The Morgan fingerprint density at radius 2 is 1.43 bits per heavy atom. The molecule has 79 heavy (non-hydrogen) atoms. The molecular weight excluding hydrogens is 1010 g/mol. The third-order valence-corrected chi connectivity index (χ3v) is 15.7. The molecule has 5 heterocycles. The SMILES string of the molecule is CCc1ccc(C)c(-c2nnc(C(=O)NCC(F)(F)F)n2-c2ccc(CN(C)Cc3ccc(CC4CCN(C(=O)CCNc5nc6c(c(N7CCN(C(C)=O)CC7)n5)CCN(c5cccc7ccccc57)C6)CC4)cc3)cc2)c1. The number of carbonyl (C=O) groups excluding carboxylic acids is 3. The van der Waals surface area contributed by atoms with E-state index in [4.69, 9.17) is 9.97 Å². The first-order chi connectivity index (χ1) is 38.2. The lowest BCUT2D eigenvalue weighted by molar-refractivity contribution is -0.132. The molecule has 5 aromatic carbocycles. The predicted octanol–water partition coefficient (Wildman–Crippen LogP) is 9.19. The molecule has 0 radical (unpaired) electrons. The number of alkyl halides is 3. The fourth-order valence-electron chi connectivity index (χ4n) is 11.3. The van der Waals surface area contributed by atoms with E-state index in [2.05, 4.69) is 104 Å². The van der Waals surface area contributed by atoms with E-state index < -0.39 is 18.6 Å². The molecule has 3 amide bonds. The Bertz CT molecular complexity index is 3290. The summed E-state index contributed by atoms with van der Waals surface area (Å²) in [6, 6.07) is 37.2. The Balaban J connectivity index is 0.708. The molecule has 7 aromatic rings. The van der Waals surface area contributed by atoms with Crippen LogP contribution in [0.5, 0.6) is 0 Å². The number of nitrogens with one attached hydrogen (secondary N) is 2. The van der Waals surface area contributed by atoms with Crippen molar-refractivity contribution in [2.75, 3.05) is 81.1 Å². The molecule has 0 aliphatic carbocycles. The van der Waals surface area contributed by atoms with E-state index in [0.29, 0.717) is 82.2 Å². The van der Waals surface area contributed by atoms with Gasteiger partial charge in [0.15, 0.2) is 5.82 Å². The predicted molar refractivity (Wildman–Crippen MR) is 302 cm³/mol. The number of hydrogen-bond acceptors (Lipinski definition) is 11. The Labute approximate surface area is 459 Å². The summed E-state index contributed by atoms with van der Waals surface area (Å²) in [7, 11) is 2.05. The summed E-state index contributed by atoms with van der Waals surface area (Å²) in [4.78, 5) is 59.8. The molecule has 3 aliphatic heterocycles. The number of amides is 3. The van der Waals surface area contributed by atoms with Gasteiger partial charge in [0.1, 0.15) is 12.4 Å². The number of piperazine rings is 1. The number of fused-ring (bicyclic) bond motifs is 2. The van der Waals surface area contributed by atoms with Gasteiger partial charge in [-0.25, -0.2) is 4.98 Å². The number of likely N-dealkylation sites (tertiary alicyclic amines) is 1. The number of halogens is 3. The monoisotopic (exact) mass is 1070 g/mol. The maximum Gasteiger partial charge on any atom is 0.405 e. The molecule has 2 aromatic heterocycles. The lowest BCUT2D eigenvalue weighted by Gasteiger charge is -2.38. The minimum atomic E-state index is -4.58. The van der Waals surface area contributed by atoms with Gasteiger partial charge in [-0.3, -0.25) is 23.9 Å². The molecule has 0 unspecified atom stereocenters. The van der Waals surface area contributed by atoms with Gasteiger partial charge in [0, 0.05) is 107 Å². The quantitative estimate of drug-likeness (QED) is 0.0900. The van der Waals surface area contributed by atoms with Crippen LogP contribution in [0.25, 0.3) is 27.8 Å². The van der Waals surface area contributed by atoms with Crippen molar-refractivity contribution in [2.24, 2.45) is 5.92 Å². The van der Waals surface area contributed by atoms with Crippen LogP contribution < -0.4 is 20.4 Å². The summed E-state index contributed by atoms with van der Waals surface area (Å²) in [5, 5.41) is 16.2. The van der Waals surface area contributed by atoms with Gasteiger partial charge in [-0.05, 0) is 109 Å². The zero-order valence-electron chi connectivity index (χ0n) is 45.5. The summed E-state index contributed by atoms with van der Waals surface area (Å²) in [6.45, 7) is 11.5. The second kappa shape index (κ2) is 24.0. The minimum Gasteiger partial charge on any atom is -0.365 e. The fourth-order valence-corrected chi connectivity index (χ4v) is 11.3. The molecule has 412 valence electrons. The van der Waals surface area contributed by atoms with Gasteiger partial charge < -0.3 is 30.2 Å². The number of aromatic nitrogens is 5. The highest BCUT2D eigenvalue weighted by Gasteiger charge is 2.32. The number of piperidine rings is 1. The van der Waals surface area contributed by atoms with Gasteiger partial charge >= 0.3 is 6.18 Å². The normalized spacial score (nSPS) is 15.2. The van der Waals surface area contributed by atoms with Crippen LogP contribution in [0, 0.1) is 12.8 Å². The Morgan fingerprint density at radius 1 is 0.747 bits per heavy atom. The number of hydrogen-bond donors (Lipinski definition) is 2. The zero-order chi connectivity index (χ0) is 55.2. The van der Waals surface area contributed by atoms with Gasteiger partial charge in [0.2, 0.25) is 23.6 Å². The van der Waals surface area contributed by atoms with Crippen molar-refractivity contribution in [3.05, 3.63) is 154 Å². The topological polar surface area (TPSA) is 148 Å². The van der Waals surface area contributed by atoms with Crippen LogP contribution in [0.1, 0.15) is 82.8 Å². The maximum atomic E-state index is 13.6. The number of anilines is 3. The number of nitrogens with zero attached hydrogens (tertiary/aromatic N) is 10. The highest BCUT2D eigenvalue weighted by atomic mass is 19.4. The van der Waals surface area contributed by atoms with Gasteiger partial charge in [0.05, 0.1) is 12.2 Å². The van der Waals surface area contributed by atoms with E-state index in [1.165, 1.54) is 32.2 Å². The lowest BCUT2D eigenvalue weighted by atomic mass is 9.90. The molecular formula is C61H69F3N12O3. The molecule has 0 bridgehead atoms. The maximum absolute atomic E-state index is 13.6. The van der Waals surface area contributed by atoms with Crippen LogP contribution in [-0.2, 0) is 48.5 Å². The van der Waals surface area contributed by atoms with Crippen molar-refractivity contribution in [1.82, 2.24) is 44.7 Å². The average molecular weight is 1080 g/mol. The second-order valence-corrected chi connectivity index (χ2v) is 21.3. The van der Waals surface area contributed by atoms with Crippen LogP contribution in [-0.4, -0.2) is 129 Å². The minimum absolute atomic E-state index is 0.0908. The van der Waals surface area contributed by atoms with E-state index in [1.54, 1.807) is 6.92 Å². The van der Waals surface area contributed by atoms with Crippen molar-refractivity contribution in [3.8, 4) is 17.1 Å². The summed E-state index contributed by atoms with van der Waals surface area (Å²) < 4.78 is 40.8. The summed E-state index contributed by atoms with van der Waals surface area (Å²) in [6.07, 6.45) is 0.189. The number of benzene rings is 5. The molecule has 0 spiro atoms. The molecule has 0 atom stereocenters. The third kappa shape index (κ3) is 13.0. The average Bonchev–Trinajstić information content (AvgIpc) is 3.98. The molecule has 3 aliphatic rings. The van der Waals surface area contributed by atoms with E-state index in [-0.39, 0.29) is 17.6 Å². The summed E-state index contributed by atoms with van der Waals surface area (Å²) >= 11 is 0. The van der Waals surface area contributed by atoms with Gasteiger partial charge in [0.25, 0.3) is 5.91 Å². The largest absolute Gasteiger partial charge is 0.405 e. The van der Waals surface area contributed by atoms with Crippen molar-refractivity contribution in [3.63, 3.8) is 0 Å². The van der Waals surface area contributed by atoms with Crippen molar-refractivity contribution in [2.45, 2.75) is 85.1 Å². The number of rotatable bonds is 17. The second-order valence-electron chi connectivity index (χ2n) is 21.3. The Morgan fingerprint density at radius 3 is 2.14 bits per heavy atom. The summed E-state index contributed by atoms with van der Waals surface area (Å²) in [5.41, 5.74) is 10.1. The van der Waals surface area contributed by atoms with Crippen molar-refractivity contribution < 1.29 is 27.6 Å². The van der Waals surface area contributed by atoms with E-state index in [1.807, 2.05) is 71.4 Å².